The predicted molar refractivity (Wildman–Crippen MR) is 136 cm³/mol. The van der Waals surface area contributed by atoms with Crippen LogP contribution < -0.4 is 0 Å². The van der Waals surface area contributed by atoms with E-state index in [1.165, 1.54) is 12.1 Å². The first kappa shape index (κ1) is 27.5. The van der Waals surface area contributed by atoms with Crippen LogP contribution in [0.2, 0.25) is 0 Å². The molecule has 2 aliphatic heterocycles. The molecule has 1 amide bonds. The minimum Gasteiger partial charge on any atom is -0.411 e. The van der Waals surface area contributed by atoms with Gasteiger partial charge < -0.3 is 10.1 Å². The molecule has 0 bridgehead atoms. The van der Waals surface area contributed by atoms with Gasteiger partial charge in [0.05, 0.1) is 22.5 Å². The summed E-state index contributed by atoms with van der Waals surface area (Å²) in [6, 6.07) is 5.74. The molecule has 2 fully saturated rings. The molecule has 1 aromatic heterocycles. The van der Waals surface area contributed by atoms with Crippen molar-refractivity contribution >= 4 is 5.91 Å². The van der Waals surface area contributed by atoms with E-state index in [4.69, 9.17) is 0 Å². The van der Waals surface area contributed by atoms with Crippen molar-refractivity contribution in [3.05, 3.63) is 52.3 Å². The van der Waals surface area contributed by atoms with Crippen LogP contribution >= 0.6 is 0 Å². The molecule has 1 aromatic carbocycles. The molecule has 6 nitrogen and oxygen atoms in total. The van der Waals surface area contributed by atoms with Crippen LogP contribution in [-0.2, 0) is 6.18 Å². The fourth-order valence-corrected chi connectivity index (χ4v) is 6.56. The van der Waals surface area contributed by atoms with E-state index >= 15 is 0 Å². The van der Waals surface area contributed by atoms with Gasteiger partial charge in [-0.1, -0.05) is 26.0 Å². The highest BCUT2D eigenvalue weighted by Gasteiger charge is 2.42. The van der Waals surface area contributed by atoms with Crippen LogP contribution in [0.3, 0.4) is 0 Å². The Hall–Kier alpha value is -2.55. The predicted octanol–water partition coefficient (Wildman–Crippen LogP) is 5.90. The maximum absolute atomic E-state index is 13.1. The fourth-order valence-electron chi connectivity index (χ4n) is 6.56. The van der Waals surface area contributed by atoms with Crippen LogP contribution in [0.4, 0.5) is 13.2 Å². The first-order valence-electron chi connectivity index (χ1n) is 13.3. The van der Waals surface area contributed by atoms with Gasteiger partial charge in [-0.15, -0.1) is 9.94 Å². The zero-order valence-electron chi connectivity index (χ0n) is 22.5. The molecule has 204 valence electrons. The highest BCUT2D eigenvalue weighted by atomic mass is 19.4. The third-order valence-corrected chi connectivity index (χ3v) is 8.97. The van der Waals surface area contributed by atoms with Crippen LogP contribution in [0.25, 0.3) is 0 Å². The number of likely N-dealkylation sites (tertiary alicyclic amines) is 2. The second-order valence-corrected chi connectivity index (χ2v) is 11.2. The molecule has 0 spiro atoms. The Morgan fingerprint density at radius 2 is 1.78 bits per heavy atom. The topological polar surface area (TPSA) is 61.6 Å². The number of piperidine rings is 2. The maximum Gasteiger partial charge on any atom is 0.416 e. The summed E-state index contributed by atoms with van der Waals surface area (Å²) in [6.45, 7) is 13.3. The Bertz CT molecular complexity index is 1100. The van der Waals surface area contributed by atoms with Crippen molar-refractivity contribution in [1.82, 2.24) is 19.7 Å². The monoisotopic (exact) mass is 520 g/mol. The molecule has 0 radical (unpaired) electrons. The van der Waals surface area contributed by atoms with Gasteiger partial charge in [0.1, 0.15) is 0 Å². The second-order valence-electron chi connectivity index (χ2n) is 11.2. The Balaban J connectivity index is 1.38. The van der Waals surface area contributed by atoms with E-state index in [-0.39, 0.29) is 17.4 Å². The first-order valence-corrected chi connectivity index (χ1v) is 13.3. The average molecular weight is 521 g/mol. The van der Waals surface area contributed by atoms with Gasteiger partial charge >= 0.3 is 6.18 Å². The molecule has 3 atom stereocenters. The summed E-state index contributed by atoms with van der Waals surface area (Å²) >= 11 is 0. The van der Waals surface area contributed by atoms with E-state index in [1.54, 1.807) is 26.0 Å². The van der Waals surface area contributed by atoms with Crippen molar-refractivity contribution in [1.29, 1.82) is 0 Å². The molecular weight excluding hydrogens is 481 g/mol. The number of alkyl halides is 3. The maximum atomic E-state index is 13.1. The van der Waals surface area contributed by atoms with Gasteiger partial charge in [-0.25, -0.2) is 0 Å². The number of benzene rings is 1. The highest BCUT2D eigenvalue weighted by molar-refractivity contribution is 5.96. The number of rotatable bonds is 5. The number of halogens is 3. The lowest BCUT2D eigenvalue weighted by molar-refractivity contribution is -0.137. The molecule has 0 aliphatic carbocycles. The normalized spacial score (nSPS) is 23.7. The van der Waals surface area contributed by atoms with Crippen LogP contribution in [0.5, 0.6) is 0 Å². The number of nitrogens with zero attached hydrogens (tertiary/aromatic N) is 4. The first-order chi connectivity index (χ1) is 17.4. The molecular formula is C28H39F3N4O2. The van der Waals surface area contributed by atoms with E-state index in [0.29, 0.717) is 41.9 Å². The summed E-state index contributed by atoms with van der Waals surface area (Å²) in [5, 5.41) is 13.8. The van der Waals surface area contributed by atoms with E-state index in [1.807, 2.05) is 4.90 Å². The van der Waals surface area contributed by atoms with Crippen LogP contribution in [-0.4, -0.2) is 62.6 Å². The van der Waals surface area contributed by atoms with Gasteiger partial charge in [-0.2, -0.15) is 13.2 Å². The van der Waals surface area contributed by atoms with E-state index in [9.17, 15) is 23.2 Å². The van der Waals surface area contributed by atoms with Gasteiger partial charge in [0.2, 0.25) is 0 Å². The number of carbonyl (C=O) groups excluding carboxylic acids is 1. The SMILES string of the molecule is CCC(c1ccc(C(F)(F)F)cc1)C1CCN(C2(C)CCN(C(=O)c3c(C)nn(O)c3C)CC2)C[C@@H]1C. The van der Waals surface area contributed by atoms with E-state index < -0.39 is 11.7 Å². The largest absolute Gasteiger partial charge is 0.416 e. The summed E-state index contributed by atoms with van der Waals surface area (Å²) < 4.78 is 39.1. The fraction of sp³-hybridized carbons (Fsp3) is 0.643. The molecule has 2 aromatic rings. The van der Waals surface area contributed by atoms with Gasteiger partial charge in [0.25, 0.3) is 5.91 Å². The van der Waals surface area contributed by atoms with Crippen molar-refractivity contribution in [3.63, 3.8) is 0 Å². The van der Waals surface area contributed by atoms with Gasteiger partial charge in [-0.3, -0.25) is 9.69 Å². The Morgan fingerprint density at radius 1 is 1.16 bits per heavy atom. The number of hydrogen-bond donors (Lipinski definition) is 1. The van der Waals surface area contributed by atoms with Gasteiger partial charge in [0, 0.05) is 25.2 Å². The lowest BCUT2D eigenvalue weighted by Crippen LogP contribution is -2.58. The Labute approximate surface area is 217 Å². The molecule has 0 saturated carbocycles. The number of carbonyl (C=O) groups is 1. The minimum absolute atomic E-state index is 0.00265. The number of aryl methyl sites for hydroxylation is 1. The van der Waals surface area contributed by atoms with E-state index in [2.05, 4.69) is 30.8 Å². The van der Waals surface area contributed by atoms with Crippen LogP contribution in [0, 0.1) is 25.7 Å². The summed E-state index contributed by atoms with van der Waals surface area (Å²) in [4.78, 5) is 18.4. The third-order valence-electron chi connectivity index (χ3n) is 8.97. The van der Waals surface area contributed by atoms with Crippen molar-refractivity contribution in [2.45, 2.75) is 77.9 Å². The minimum atomic E-state index is -4.31. The van der Waals surface area contributed by atoms with Gasteiger partial charge in [0.15, 0.2) is 0 Å². The average Bonchev–Trinajstić information content (AvgIpc) is 3.11. The van der Waals surface area contributed by atoms with Crippen molar-refractivity contribution in [2.75, 3.05) is 26.2 Å². The molecule has 2 saturated heterocycles. The summed E-state index contributed by atoms with van der Waals surface area (Å²) in [6.07, 6.45) is -0.660. The molecule has 2 aliphatic rings. The highest BCUT2D eigenvalue weighted by Crippen LogP contribution is 2.42. The van der Waals surface area contributed by atoms with E-state index in [0.717, 1.165) is 49.2 Å². The Morgan fingerprint density at radius 3 is 2.27 bits per heavy atom. The summed E-state index contributed by atoms with van der Waals surface area (Å²) in [5.41, 5.74) is 1.88. The van der Waals surface area contributed by atoms with Crippen molar-refractivity contribution < 1.29 is 23.2 Å². The molecule has 9 heteroatoms. The lowest BCUT2D eigenvalue weighted by atomic mass is 9.72. The summed E-state index contributed by atoms with van der Waals surface area (Å²) in [7, 11) is 0. The standard InChI is InChI=1S/C28H39F3N4O2/c1-6-23(21-7-9-22(10-8-21)28(29,30)31)24-11-14-34(17-18(24)2)27(5)12-15-33(16-13-27)26(36)25-19(3)32-35(37)20(25)4/h7-10,18,23-24,37H,6,11-17H2,1-5H3/t18-,23?,24?/m0/s1. The Kier molecular flexibility index (Phi) is 7.66. The van der Waals surface area contributed by atoms with Crippen LogP contribution in [0.15, 0.2) is 24.3 Å². The third kappa shape index (κ3) is 5.38. The molecule has 37 heavy (non-hydrogen) atoms. The smallest absolute Gasteiger partial charge is 0.411 e. The molecule has 4 rings (SSSR count). The molecule has 1 N–H and O–H groups in total. The van der Waals surface area contributed by atoms with Crippen molar-refractivity contribution in [2.24, 2.45) is 11.8 Å². The number of amides is 1. The van der Waals surface area contributed by atoms with Crippen molar-refractivity contribution in [3.8, 4) is 0 Å². The second kappa shape index (κ2) is 10.3. The summed E-state index contributed by atoms with van der Waals surface area (Å²) in [5.74, 6) is 1.000. The van der Waals surface area contributed by atoms with Crippen LogP contribution in [0.1, 0.15) is 85.2 Å². The zero-order valence-corrected chi connectivity index (χ0v) is 22.5. The quantitative estimate of drug-likeness (QED) is 0.499. The lowest BCUT2D eigenvalue weighted by Gasteiger charge is -2.51. The zero-order chi connectivity index (χ0) is 27.1. The van der Waals surface area contributed by atoms with Gasteiger partial charge in [-0.05, 0) is 88.4 Å². The molecule has 3 heterocycles. The molecule has 2 unspecified atom stereocenters. The number of aromatic nitrogens is 2. The number of hydrogen-bond acceptors (Lipinski definition) is 4.